The summed E-state index contributed by atoms with van der Waals surface area (Å²) in [7, 11) is 0. The Morgan fingerprint density at radius 1 is 1.47 bits per heavy atom. The molecule has 2 heterocycles. The number of hydrogen-bond acceptors (Lipinski definition) is 4. The smallest absolute Gasteiger partial charge is 0.221 e. The number of hydrogen-bond donors (Lipinski definition) is 0. The highest BCUT2D eigenvalue weighted by Gasteiger charge is 2.17. The van der Waals surface area contributed by atoms with E-state index in [-0.39, 0.29) is 6.10 Å². The lowest BCUT2D eigenvalue weighted by atomic mass is 10.1. The maximum absolute atomic E-state index is 5.77. The number of alkyl halides is 1. The maximum atomic E-state index is 5.77. The Hall–Kier alpha value is -0.870. The van der Waals surface area contributed by atoms with Crippen molar-refractivity contribution in [2.24, 2.45) is 0 Å². The monoisotopic (exact) mass is 228 g/mol. The molecule has 0 N–H and O–H groups in total. The number of halogens is 1. The zero-order valence-corrected chi connectivity index (χ0v) is 9.11. The first kappa shape index (κ1) is 10.6. The van der Waals surface area contributed by atoms with Gasteiger partial charge in [0.05, 0.1) is 19.1 Å². The van der Waals surface area contributed by atoms with Crippen molar-refractivity contribution in [3.63, 3.8) is 0 Å². The summed E-state index contributed by atoms with van der Waals surface area (Å²) in [5, 5.41) is 0. The average molecular weight is 229 g/mol. The number of nitrogens with zero attached hydrogens (tertiary/aromatic N) is 2. The molecule has 0 spiro atoms. The van der Waals surface area contributed by atoms with Crippen LogP contribution in [0.25, 0.3) is 0 Å². The fraction of sp³-hybridized carbons (Fsp3) is 0.600. The Kier molecular flexibility index (Phi) is 3.75. The first-order valence-corrected chi connectivity index (χ1v) is 5.53. The maximum Gasteiger partial charge on any atom is 0.221 e. The van der Waals surface area contributed by atoms with Gasteiger partial charge in [0, 0.05) is 24.6 Å². The molecule has 15 heavy (non-hydrogen) atoms. The second-order valence-corrected chi connectivity index (χ2v) is 3.68. The van der Waals surface area contributed by atoms with Crippen molar-refractivity contribution in [2.75, 3.05) is 13.2 Å². The van der Waals surface area contributed by atoms with E-state index in [2.05, 4.69) is 9.97 Å². The van der Waals surface area contributed by atoms with Gasteiger partial charge in [-0.2, -0.15) is 0 Å². The minimum Gasteiger partial charge on any atom is -0.474 e. The van der Waals surface area contributed by atoms with E-state index >= 15 is 0 Å². The van der Waals surface area contributed by atoms with E-state index in [0.29, 0.717) is 11.8 Å². The quantitative estimate of drug-likeness (QED) is 0.740. The van der Waals surface area contributed by atoms with Crippen LogP contribution in [0.1, 0.15) is 18.4 Å². The molecule has 0 bridgehead atoms. The van der Waals surface area contributed by atoms with E-state index < -0.39 is 0 Å². The highest BCUT2D eigenvalue weighted by atomic mass is 35.5. The van der Waals surface area contributed by atoms with Crippen LogP contribution in [0.5, 0.6) is 5.88 Å². The van der Waals surface area contributed by atoms with Crippen LogP contribution in [0.4, 0.5) is 0 Å². The summed E-state index contributed by atoms with van der Waals surface area (Å²) in [6, 6.07) is 0. The van der Waals surface area contributed by atoms with E-state index in [0.717, 1.165) is 31.6 Å². The van der Waals surface area contributed by atoms with Gasteiger partial charge < -0.3 is 9.47 Å². The molecule has 1 aromatic rings. The normalized spacial score (nSPS) is 17.7. The number of ether oxygens (including phenoxy) is 2. The van der Waals surface area contributed by atoms with Crippen molar-refractivity contribution in [2.45, 2.75) is 24.8 Å². The van der Waals surface area contributed by atoms with Crippen LogP contribution in [0.2, 0.25) is 0 Å². The minimum absolute atomic E-state index is 0.190. The Morgan fingerprint density at radius 3 is 3.00 bits per heavy atom. The van der Waals surface area contributed by atoms with Crippen LogP contribution >= 0.6 is 11.6 Å². The summed E-state index contributed by atoms with van der Waals surface area (Å²) in [6.45, 7) is 1.51. The molecule has 0 aromatic carbocycles. The largest absolute Gasteiger partial charge is 0.474 e. The molecule has 1 aliphatic heterocycles. The highest BCUT2D eigenvalue weighted by molar-refractivity contribution is 6.17. The van der Waals surface area contributed by atoms with Crippen molar-refractivity contribution in [3.05, 3.63) is 18.1 Å². The van der Waals surface area contributed by atoms with Gasteiger partial charge in [-0.25, -0.2) is 9.97 Å². The molecule has 1 fully saturated rings. The fourth-order valence-electron chi connectivity index (χ4n) is 1.50. The van der Waals surface area contributed by atoms with E-state index in [1.54, 1.807) is 6.20 Å². The Balaban J connectivity index is 2.02. The first-order valence-electron chi connectivity index (χ1n) is 4.99. The molecule has 0 saturated carbocycles. The summed E-state index contributed by atoms with van der Waals surface area (Å²) in [5.74, 6) is 0.978. The van der Waals surface area contributed by atoms with Gasteiger partial charge in [-0.1, -0.05) is 0 Å². The fourth-order valence-corrected chi connectivity index (χ4v) is 1.68. The van der Waals surface area contributed by atoms with Gasteiger partial charge in [-0.15, -0.1) is 11.6 Å². The lowest BCUT2D eigenvalue weighted by Gasteiger charge is -2.23. The number of rotatable bonds is 3. The second kappa shape index (κ2) is 5.28. The van der Waals surface area contributed by atoms with Crippen LogP contribution in [-0.4, -0.2) is 29.3 Å². The van der Waals surface area contributed by atoms with Gasteiger partial charge in [0.15, 0.2) is 0 Å². The SMILES string of the molecule is ClCc1cncnc1OC1CCOCC1. The van der Waals surface area contributed by atoms with Gasteiger partial charge in [-0.3, -0.25) is 0 Å². The van der Waals surface area contributed by atoms with Crippen molar-refractivity contribution in [3.8, 4) is 5.88 Å². The predicted molar refractivity (Wildman–Crippen MR) is 56.1 cm³/mol. The van der Waals surface area contributed by atoms with Crippen molar-refractivity contribution in [1.82, 2.24) is 9.97 Å². The molecule has 4 nitrogen and oxygen atoms in total. The van der Waals surface area contributed by atoms with Crippen LogP contribution in [0.15, 0.2) is 12.5 Å². The molecule has 2 rings (SSSR count). The molecule has 0 radical (unpaired) electrons. The minimum atomic E-state index is 0.190. The molecule has 0 amide bonds. The molecular weight excluding hydrogens is 216 g/mol. The zero-order valence-electron chi connectivity index (χ0n) is 8.36. The van der Waals surface area contributed by atoms with Gasteiger partial charge in [0.1, 0.15) is 12.4 Å². The molecule has 0 unspecified atom stereocenters. The van der Waals surface area contributed by atoms with Crippen molar-refractivity contribution in [1.29, 1.82) is 0 Å². The van der Waals surface area contributed by atoms with Gasteiger partial charge in [-0.05, 0) is 0 Å². The summed E-state index contributed by atoms with van der Waals surface area (Å²) in [6.07, 6.45) is 5.17. The Morgan fingerprint density at radius 2 is 2.27 bits per heavy atom. The molecule has 1 saturated heterocycles. The van der Waals surface area contributed by atoms with Crippen LogP contribution in [0, 0.1) is 0 Å². The van der Waals surface area contributed by atoms with E-state index in [9.17, 15) is 0 Å². The average Bonchev–Trinajstić information content (AvgIpc) is 2.31. The topological polar surface area (TPSA) is 44.2 Å². The summed E-state index contributed by atoms with van der Waals surface area (Å²) in [4.78, 5) is 7.99. The molecule has 1 aromatic heterocycles. The second-order valence-electron chi connectivity index (χ2n) is 3.42. The van der Waals surface area contributed by atoms with Gasteiger partial charge >= 0.3 is 0 Å². The van der Waals surface area contributed by atoms with Gasteiger partial charge in [0.25, 0.3) is 0 Å². The molecule has 0 atom stereocenters. The molecule has 5 heteroatoms. The third kappa shape index (κ3) is 2.79. The molecule has 0 aliphatic carbocycles. The zero-order chi connectivity index (χ0) is 10.5. The van der Waals surface area contributed by atoms with Crippen molar-refractivity contribution < 1.29 is 9.47 Å². The van der Waals surface area contributed by atoms with E-state index in [4.69, 9.17) is 21.1 Å². The predicted octanol–water partition coefficient (Wildman–Crippen LogP) is 1.77. The summed E-state index contributed by atoms with van der Waals surface area (Å²) >= 11 is 5.77. The third-order valence-corrected chi connectivity index (χ3v) is 2.63. The van der Waals surface area contributed by atoms with E-state index in [1.807, 2.05) is 0 Å². The summed E-state index contributed by atoms with van der Waals surface area (Å²) < 4.78 is 11.0. The lowest BCUT2D eigenvalue weighted by molar-refractivity contribution is 0.0233. The Bertz CT molecular complexity index is 316. The standard InChI is InChI=1S/C10H13ClN2O2/c11-5-8-6-12-7-13-10(8)15-9-1-3-14-4-2-9/h6-7,9H,1-5H2. The van der Waals surface area contributed by atoms with Crippen LogP contribution < -0.4 is 4.74 Å². The summed E-state index contributed by atoms with van der Waals surface area (Å²) in [5.41, 5.74) is 0.839. The lowest BCUT2D eigenvalue weighted by Crippen LogP contribution is -2.26. The number of aromatic nitrogens is 2. The van der Waals surface area contributed by atoms with Crippen LogP contribution in [0.3, 0.4) is 0 Å². The molecule has 1 aliphatic rings. The third-order valence-electron chi connectivity index (χ3n) is 2.34. The van der Waals surface area contributed by atoms with Gasteiger partial charge in [0.2, 0.25) is 5.88 Å². The van der Waals surface area contributed by atoms with Crippen LogP contribution in [-0.2, 0) is 10.6 Å². The first-order chi connectivity index (χ1) is 7.40. The molecule has 82 valence electrons. The molecular formula is C10H13ClN2O2. The Labute approximate surface area is 93.6 Å². The highest BCUT2D eigenvalue weighted by Crippen LogP contribution is 2.20. The van der Waals surface area contributed by atoms with E-state index in [1.165, 1.54) is 6.33 Å². The van der Waals surface area contributed by atoms with Crippen molar-refractivity contribution >= 4 is 11.6 Å².